The van der Waals surface area contributed by atoms with Gasteiger partial charge >= 0.3 is 11.9 Å². The number of aromatic nitrogens is 1. The minimum Gasteiger partial charge on any atom is -0.462 e. The van der Waals surface area contributed by atoms with Crippen LogP contribution in [0, 0.1) is 0 Å². The first-order valence-corrected chi connectivity index (χ1v) is 8.57. The maximum atomic E-state index is 12.2. The predicted molar refractivity (Wildman–Crippen MR) is 96.8 cm³/mol. The molecule has 1 aromatic heterocycles. The number of anilines is 1. The Morgan fingerprint density at radius 3 is 2.31 bits per heavy atom. The molecular formula is C17H24N4O5. The number of likely N-dealkylation sites (tertiary alicyclic amines) is 1. The van der Waals surface area contributed by atoms with Crippen LogP contribution in [0.1, 0.15) is 47.4 Å². The molecular weight excluding hydrogens is 340 g/mol. The van der Waals surface area contributed by atoms with E-state index in [0.29, 0.717) is 0 Å². The SMILES string of the molecule is CCOC(=O)c1cc(C(=O)OCC)c(=O)[nH]c1NN=C1CCN(C)CC1. The van der Waals surface area contributed by atoms with Gasteiger partial charge in [-0.1, -0.05) is 0 Å². The minimum absolute atomic E-state index is 0.0202. The zero-order chi connectivity index (χ0) is 19.1. The Morgan fingerprint density at radius 1 is 1.15 bits per heavy atom. The van der Waals surface area contributed by atoms with E-state index in [4.69, 9.17) is 9.47 Å². The summed E-state index contributed by atoms with van der Waals surface area (Å²) < 4.78 is 9.85. The highest BCUT2D eigenvalue weighted by Crippen LogP contribution is 2.15. The average molecular weight is 364 g/mol. The fourth-order valence-electron chi connectivity index (χ4n) is 2.47. The van der Waals surface area contributed by atoms with E-state index >= 15 is 0 Å². The van der Waals surface area contributed by atoms with E-state index in [0.717, 1.165) is 31.6 Å². The van der Waals surface area contributed by atoms with E-state index in [-0.39, 0.29) is 30.2 Å². The van der Waals surface area contributed by atoms with Gasteiger partial charge in [0.05, 0.1) is 13.2 Å². The number of ether oxygens (including phenoxy) is 2. The fourth-order valence-corrected chi connectivity index (χ4v) is 2.47. The van der Waals surface area contributed by atoms with Crippen molar-refractivity contribution in [3.05, 3.63) is 27.5 Å². The summed E-state index contributed by atoms with van der Waals surface area (Å²) in [4.78, 5) is 41.0. The van der Waals surface area contributed by atoms with Crippen LogP contribution in [-0.4, -0.2) is 60.9 Å². The topological polar surface area (TPSA) is 113 Å². The summed E-state index contributed by atoms with van der Waals surface area (Å²) in [6, 6.07) is 1.17. The molecule has 9 nitrogen and oxygen atoms in total. The van der Waals surface area contributed by atoms with E-state index in [1.54, 1.807) is 13.8 Å². The molecule has 9 heteroatoms. The van der Waals surface area contributed by atoms with Crippen LogP contribution in [0.3, 0.4) is 0 Å². The van der Waals surface area contributed by atoms with Gasteiger partial charge in [0.1, 0.15) is 16.9 Å². The Hall–Kier alpha value is -2.68. The van der Waals surface area contributed by atoms with Crippen LogP contribution in [-0.2, 0) is 9.47 Å². The number of rotatable bonds is 6. The van der Waals surface area contributed by atoms with E-state index in [1.807, 2.05) is 7.05 Å². The minimum atomic E-state index is -0.799. The lowest BCUT2D eigenvalue weighted by molar-refractivity contribution is 0.0523. The number of hydrazone groups is 1. The van der Waals surface area contributed by atoms with E-state index in [9.17, 15) is 14.4 Å². The summed E-state index contributed by atoms with van der Waals surface area (Å²) >= 11 is 0. The maximum Gasteiger partial charge on any atom is 0.343 e. The van der Waals surface area contributed by atoms with Crippen molar-refractivity contribution in [2.45, 2.75) is 26.7 Å². The highest BCUT2D eigenvalue weighted by molar-refractivity contribution is 5.98. The molecule has 2 N–H and O–H groups in total. The largest absolute Gasteiger partial charge is 0.462 e. The molecule has 1 saturated heterocycles. The second kappa shape index (κ2) is 9.14. The third-order valence-electron chi connectivity index (χ3n) is 3.92. The van der Waals surface area contributed by atoms with Gasteiger partial charge < -0.3 is 19.4 Å². The van der Waals surface area contributed by atoms with Crippen LogP contribution in [0.5, 0.6) is 0 Å². The summed E-state index contributed by atoms with van der Waals surface area (Å²) in [7, 11) is 2.04. The van der Waals surface area contributed by atoms with Crippen LogP contribution >= 0.6 is 0 Å². The van der Waals surface area contributed by atoms with Gasteiger partial charge in [0.15, 0.2) is 0 Å². The normalized spacial score (nSPS) is 14.7. The number of esters is 2. The first-order chi connectivity index (χ1) is 12.5. The van der Waals surface area contributed by atoms with Crippen molar-refractivity contribution >= 4 is 23.5 Å². The van der Waals surface area contributed by atoms with Crippen LogP contribution in [0.15, 0.2) is 16.0 Å². The number of nitrogens with one attached hydrogen (secondary N) is 2. The van der Waals surface area contributed by atoms with Crippen molar-refractivity contribution in [2.75, 3.05) is 38.8 Å². The van der Waals surface area contributed by atoms with Crippen molar-refractivity contribution < 1.29 is 19.1 Å². The quantitative estimate of drug-likeness (QED) is 0.576. The maximum absolute atomic E-state index is 12.2. The number of hydrogen-bond acceptors (Lipinski definition) is 8. The monoisotopic (exact) mass is 364 g/mol. The highest BCUT2D eigenvalue weighted by Gasteiger charge is 2.21. The van der Waals surface area contributed by atoms with Gasteiger partial charge in [-0.2, -0.15) is 5.10 Å². The number of carbonyl (C=O) groups is 2. The molecule has 142 valence electrons. The number of pyridine rings is 1. The molecule has 1 fully saturated rings. The number of carbonyl (C=O) groups excluding carboxylic acids is 2. The first-order valence-electron chi connectivity index (χ1n) is 8.57. The van der Waals surface area contributed by atoms with Crippen LogP contribution in [0.4, 0.5) is 5.82 Å². The smallest absolute Gasteiger partial charge is 0.343 e. The molecule has 0 atom stereocenters. The first kappa shape index (κ1) is 19.6. The lowest BCUT2D eigenvalue weighted by Gasteiger charge is -2.23. The third kappa shape index (κ3) is 4.92. The lowest BCUT2D eigenvalue weighted by atomic mass is 10.1. The molecule has 0 aromatic carbocycles. The molecule has 0 unspecified atom stereocenters. The van der Waals surface area contributed by atoms with Gasteiger partial charge in [-0.25, -0.2) is 9.59 Å². The van der Waals surface area contributed by atoms with Gasteiger partial charge in [0, 0.05) is 31.6 Å². The van der Waals surface area contributed by atoms with Gasteiger partial charge in [-0.15, -0.1) is 0 Å². The van der Waals surface area contributed by atoms with Gasteiger partial charge in [0.25, 0.3) is 5.56 Å². The summed E-state index contributed by atoms with van der Waals surface area (Å²) in [5, 5.41) is 4.29. The second-order valence-electron chi connectivity index (χ2n) is 5.83. The van der Waals surface area contributed by atoms with E-state index in [1.165, 1.54) is 6.07 Å². The van der Waals surface area contributed by atoms with Crippen molar-refractivity contribution in [1.29, 1.82) is 0 Å². The average Bonchev–Trinajstić information content (AvgIpc) is 2.61. The Labute approximate surface area is 151 Å². The summed E-state index contributed by atoms with van der Waals surface area (Å²) in [6.45, 7) is 5.36. The fraction of sp³-hybridized carbons (Fsp3) is 0.529. The molecule has 26 heavy (non-hydrogen) atoms. The standard InChI is InChI=1S/C17H24N4O5/c1-4-25-16(23)12-10-13(17(24)26-5-2)15(22)18-14(12)20-19-11-6-8-21(3)9-7-11/h10H,4-9H2,1-3H3,(H2,18,20,22). The Balaban J connectivity index is 2.32. The van der Waals surface area contributed by atoms with Crippen LogP contribution < -0.4 is 11.0 Å². The molecule has 1 aromatic rings. The van der Waals surface area contributed by atoms with E-state index in [2.05, 4.69) is 20.4 Å². The predicted octanol–water partition coefficient (Wildman–Crippen LogP) is 1.22. The molecule has 0 radical (unpaired) electrons. The molecule has 2 heterocycles. The molecule has 0 saturated carbocycles. The second-order valence-corrected chi connectivity index (χ2v) is 5.83. The number of piperidine rings is 1. The van der Waals surface area contributed by atoms with Gasteiger partial charge in [-0.3, -0.25) is 10.2 Å². The number of aromatic amines is 1. The number of H-pyrrole nitrogens is 1. The molecule has 2 rings (SSSR count). The van der Waals surface area contributed by atoms with Gasteiger partial charge in [0.2, 0.25) is 0 Å². The number of hydrogen-bond donors (Lipinski definition) is 2. The molecule has 0 spiro atoms. The number of nitrogens with zero attached hydrogens (tertiary/aromatic N) is 2. The van der Waals surface area contributed by atoms with Crippen molar-refractivity contribution in [3.8, 4) is 0 Å². The zero-order valence-electron chi connectivity index (χ0n) is 15.3. The Morgan fingerprint density at radius 2 is 1.73 bits per heavy atom. The molecule has 1 aliphatic rings. The van der Waals surface area contributed by atoms with Crippen LogP contribution in [0.2, 0.25) is 0 Å². The third-order valence-corrected chi connectivity index (χ3v) is 3.92. The van der Waals surface area contributed by atoms with Crippen molar-refractivity contribution in [1.82, 2.24) is 9.88 Å². The molecule has 0 aliphatic carbocycles. The summed E-state index contributed by atoms with van der Waals surface area (Å²) in [5.74, 6) is -1.37. The molecule has 1 aliphatic heterocycles. The van der Waals surface area contributed by atoms with Gasteiger partial charge in [-0.05, 0) is 27.0 Å². The Bertz CT molecular complexity index is 746. The van der Waals surface area contributed by atoms with Crippen LogP contribution in [0.25, 0.3) is 0 Å². The Kier molecular flexibility index (Phi) is 6.90. The van der Waals surface area contributed by atoms with E-state index < -0.39 is 17.5 Å². The highest BCUT2D eigenvalue weighted by atomic mass is 16.5. The van der Waals surface area contributed by atoms with Crippen molar-refractivity contribution in [2.24, 2.45) is 5.10 Å². The molecule has 0 amide bonds. The summed E-state index contributed by atoms with van der Waals surface area (Å²) in [5.41, 5.74) is 2.77. The molecule has 0 bridgehead atoms. The lowest BCUT2D eigenvalue weighted by Crippen LogP contribution is -2.30. The van der Waals surface area contributed by atoms with Crippen molar-refractivity contribution in [3.63, 3.8) is 0 Å². The zero-order valence-corrected chi connectivity index (χ0v) is 15.3. The summed E-state index contributed by atoms with van der Waals surface area (Å²) in [6.07, 6.45) is 1.59.